The normalized spacial score (nSPS) is 32.3. The molecule has 9 heteroatoms. The Morgan fingerprint density at radius 2 is 2.15 bits per heavy atom. The molecule has 0 unspecified atom stereocenters. The van der Waals surface area contributed by atoms with Gasteiger partial charge in [0.1, 0.15) is 0 Å². The van der Waals surface area contributed by atoms with E-state index < -0.39 is 10.0 Å². The van der Waals surface area contributed by atoms with E-state index in [1.807, 2.05) is 11.8 Å². The van der Waals surface area contributed by atoms with Gasteiger partial charge in [0.15, 0.2) is 0 Å². The number of aromatic nitrogens is 1. The summed E-state index contributed by atoms with van der Waals surface area (Å²) >= 11 is 1.66. The molecule has 3 atom stereocenters. The van der Waals surface area contributed by atoms with Crippen LogP contribution in [0.25, 0.3) is 0 Å². The summed E-state index contributed by atoms with van der Waals surface area (Å²) in [5, 5.41) is 3.18. The topological polar surface area (TPSA) is 73.8 Å². The van der Waals surface area contributed by atoms with Gasteiger partial charge in [-0.05, 0) is 32.7 Å². The average Bonchev–Trinajstić information content (AvgIpc) is 3.27. The lowest BCUT2D eigenvalue weighted by Gasteiger charge is -2.44. The Morgan fingerprint density at radius 3 is 2.74 bits per heavy atom. The highest BCUT2D eigenvalue weighted by molar-refractivity contribution is 7.88. The van der Waals surface area contributed by atoms with Crippen molar-refractivity contribution in [1.29, 1.82) is 0 Å². The summed E-state index contributed by atoms with van der Waals surface area (Å²) in [6.07, 6.45) is 4.16. The lowest BCUT2D eigenvalue weighted by Crippen LogP contribution is -2.55. The first-order valence-electron chi connectivity index (χ1n) is 9.57. The lowest BCUT2D eigenvalue weighted by molar-refractivity contribution is -0.130. The van der Waals surface area contributed by atoms with Gasteiger partial charge in [0, 0.05) is 56.0 Å². The number of piperidine rings is 1. The second-order valence-corrected chi connectivity index (χ2v) is 11.4. The molecule has 4 heterocycles. The Morgan fingerprint density at radius 1 is 1.37 bits per heavy atom. The summed E-state index contributed by atoms with van der Waals surface area (Å²) in [5.74, 6) is 0.103. The van der Waals surface area contributed by atoms with Gasteiger partial charge in [-0.2, -0.15) is 0 Å². The van der Waals surface area contributed by atoms with Crippen molar-refractivity contribution in [3.63, 3.8) is 0 Å². The Labute approximate surface area is 165 Å². The number of rotatable bonds is 3. The molecule has 150 valence electrons. The van der Waals surface area contributed by atoms with Gasteiger partial charge in [-0.25, -0.2) is 17.7 Å². The van der Waals surface area contributed by atoms with Crippen LogP contribution in [0, 0.1) is 12.3 Å². The number of carbonyl (C=O) groups excluding carboxylic acids is 1. The predicted octanol–water partition coefficient (Wildman–Crippen LogP) is 1.30. The minimum atomic E-state index is -3.21. The van der Waals surface area contributed by atoms with Crippen molar-refractivity contribution >= 4 is 27.3 Å². The van der Waals surface area contributed by atoms with Gasteiger partial charge < -0.3 is 4.90 Å². The van der Waals surface area contributed by atoms with Crippen molar-refractivity contribution in [3.8, 4) is 0 Å². The van der Waals surface area contributed by atoms with Crippen molar-refractivity contribution in [2.75, 3.05) is 32.4 Å². The fraction of sp³-hybridized carbons (Fsp3) is 0.778. The van der Waals surface area contributed by atoms with Gasteiger partial charge in [-0.15, -0.1) is 11.3 Å². The predicted molar refractivity (Wildman–Crippen MR) is 105 cm³/mol. The van der Waals surface area contributed by atoms with E-state index in [-0.39, 0.29) is 23.4 Å². The highest BCUT2D eigenvalue weighted by atomic mass is 32.2. The third kappa shape index (κ3) is 3.43. The first-order chi connectivity index (χ1) is 12.7. The lowest BCUT2D eigenvalue weighted by atomic mass is 9.76. The molecule has 7 nitrogen and oxygen atoms in total. The number of likely N-dealkylation sites (tertiary alicyclic amines) is 2. The van der Waals surface area contributed by atoms with Crippen LogP contribution in [0.1, 0.15) is 36.9 Å². The van der Waals surface area contributed by atoms with E-state index in [0.717, 1.165) is 43.1 Å². The zero-order valence-electron chi connectivity index (χ0n) is 16.2. The van der Waals surface area contributed by atoms with Crippen LogP contribution in [0.3, 0.4) is 0 Å². The van der Waals surface area contributed by atoms with Crippen molar-refractivity contribution in [2.45, 2.75) is 51.7 Å². The maximum atomic E-state index is 12.4. The van der Waals surface area contributed by atoms with Crippen LogP contribution in [-0.4, -0.2) is 77.9 Å². The van der Waals surface area contributed by atoms with Gasteiger partial charge in [-0.3, -0.25) is 9.69 Å². The third-order valence-electron chi connectivity index (χ3n) is 6.47. The van der Waals surface area contributed by atoms with Gasteiger partial charge in [-0.1, -0.05) is 0 Å². The van der Waals surface area contributed by atoms with E-state index in [4.69, 9.17) is 0 Å². The zero-order valence-corrected chi connectivity index (χ0v) is 17.9. The maximum absolute atomic E-state index is 12.4. The van der Waals surface area contributed by atoms with Crippen molar-refractivity contribution in [3.05, 3.63) is 16.1 Å². The summed E-state index contributed by atoms with van der Waals surface area (Å²) < 4.78 is 25.9. The molecule has 3 fully saturated rings. The SMILES string of the molecule is CC(=O)N1C[C@]2(CCN(S(C)(=O)=O)C2)[C@H]2[C@@H]1CCCN2Cc1csc(C)n1. The highest BCUT2D eigenvalue weighted by Crippen LogP contribution is 2.48. The largest absolute Gasteiger partial charge is 0.338 e. The zero-order chi connectivity index (χ0) is 19.4. The van der Waals surface area contributed by atoms with Crippen LogP contribution in [0.4, 0.5) is 0 Å². The minimum absolute atomic E-state index is 0.103. The molecule has 0 aliphatic carbocycles. The van der Waals surface area contributed by atoms with Crippen molar-refractivity contribution in [1.82, 2.24) is 19.1 Å². The molecule has 1 amide bonds. The van der Waals surface area contributed by atoms with Gasteiger partial charge in [0.25, 0.3) is 0 Å². The van der Waals surface area contributed by atoms with Crippen LogP contribution in [0.5, 0.6) is 0 Å². The molecule has 1 spiro atoms. The molecule has 0 bridgehead atoms. The quantitative estimate of drug-likeness (QED) is 0.748. The van der Waals surface area contributed by atoms with Crippen LogP contribution in [0.15, 0.2) is 5.38 Å². The van der Waals surface area contributed by atoms with Crippen LogP contribution >= 0.6 is 11.3 Å². The molecule has 3 aliphatic heterocycles. The first kappa shape index (κ1) is 19.3. The van der Waals surface area contributed by atoms with Crippen LogP contribution in [-0.2, 0) is 21.4 Å². The van der Waals surface area contributed by atoms with E-state index in [1.54, 1.807) is 22.6 Å². The highest BCUT2D eigenvalue weighted by Gasteiger charge is 2.59. The van der Waals surface area contributed by atoms with E-state index in [2.05, 4.69) is 15.3 Å². The Balaban J connectivity index is 1.66. The fourth-order valence-electron chi connectivity index (χ4n) is 5.44. The molecule has 0 aromatic carbocycles. The molecular formula is C18H28N4O3S2. The van der Waals surface area contributed by atoms with Gasteiger partial charge in [0.2, 0.25) is 15.9 Å². The summed E-state index contributed by atoms with van der Waals surface area (Å²) in [4.78, 5) is 21.5. The Hall–Kier alpha value is -1.03. The van der Waals surface area contributed by atoms with Gasteiger partial charge in [0.05, 0.1) is 17.0 Å². The summed E-state index contributed by atoms with van der Waals surface area (Å²) in [5.41, 5.74) is 0.901. The monoisotopic (exact) mass is 412 g/mol. The molecule has 1 aromatic rings. The third-order valence-corrected chi connectivity index (χ3v) is 8.54. The minimum Gasteiger partial charge on any atom is -0.338 e. The second-order valence-electron chi connectivity index (χ2n) is 8.34. The second kappa shape index (κ2) is 6.79. The number of fused-ring (bicyclic) bond motifs is 2. The van der Waals surface area contributed by atoms with Crippen LogP contribution in [0.2, 0.25) is 0 Å². The van der Waals surface area contributed by atoms with Crippen molar-refractivity contribution in [2.24, 2.45) is 5.41 Å². The maximum Gasteiger partial charge on any atom is 0.219 e. The molecule has 0 saturated carbocycles. The number of hydrogen-bond acceptors (Lipinski definition) is 6. The molecule has 3 saturated heterocycles. The van der Waals surface area contributed by atoms with E-state index >= 15 is 0 Å². The van der Waals surface area contributed by atoms with Crippen LogP contribution < -0.4 is 0 Å². The fourth-order valence-corrected chi connectivity index (χ4v) is 6.96. The number of amides is 1. The molecule has 4 rings (SSSR count). The van der Waals surface area contributed by atoms with E-state index in [1.165, 1.54) is 6.26 Å². The summed E-state index contributed by atoms with van der Waals surface area (Å²) in [6, 6.07) is 0.374. The van der Waals surface area contributed by atoms with Crippen molar-refractivity contribution < 1.29 is 13.2 Å². The summed E-state index contributed by atoms with van der Waals surface area (Å²) in [7, 11) is -3.21. The number of aryl methyl sites for hydroxylation is 1. The molecule has 1 aromatic heterocycles. The molecule has 27 heavy (non-hydrogen) atoms. The number of nitrogens with zero attached hydrogens (tertiary/aromatic N) is 4. The smallest absolute Gasteiger partial charge is 0.219 e. The van der Waals surface area contributed by atoms with E-state index in [0.29, 0.717) is 19.6 Å². The number of carbonyl (C=O) groups is 1. The first-order valence-corrected chi connectivity index (χ1v) is 12.3. The standard InChI is InChI=1S/C18H28N4O3S2/c1-13-19-15(10-26-13)9-20-7-4-5-16-17(20)18(12-22(16)14(2)23)6-8-21(11-18)27(3,24)25/h10,16-17H,4-9,11-12H2,1-3H3/t16-,17+,18+/m0/s1. The Bertz CT molecular complexity index is 839. The Kier molecular flexibility index (Phi) is 4.85. The molecule has 0 N–H and O–H groups in total. The van der Waals surface area contributed by atoms with E-state index in [9.17, 15) is 13.2 Å². The molecule has 0 radical (unpaired) electrons. The molecule has 3 aliphatic rings. The number of hydrogen-bond donors (Lipinski definition) is 0. The number of sulfonamides is 1. The summed E-state index contributed by atoms with van der Waals surface area (Å²) in [6.45, 7) is 7.14. The molecular weight excluding hydrogens is 384 g/mol. The average molecular weight is 413 g/mol. The number of thiazole rings is 1. The van der Waals surface area contributed by atoms with Gasteiger partial charge >= 0.3 is 0 Å².